The number of carbonyl (C=O) groups excluding carboxylic acids is 1. The molecule has 0 fully saturated rings. The van der Waals surface area contributed by atoms with Crippen molar-refractivity contribution in [1.82, 2.24) is 24.8 Å². The number of likely N-dealkylation sites (N-methyl/N-ethyl adjacent to an activating group) is 2. The van der Waals surface area contributed by atoms with Crippen molar-refractivity contribution in [3.8, 4) is 17.2 Å². The fourth-order valence-electron chi connectivity index (χ4n) is 4.06. The van der Waals surface area contributed by atoms with E-state index < -0.39 is 0 Å². The first kappa shape index (κ1) is 23.6. The third-order valence-electron chi connectivity index (χ3n) is 5.98. The summed E-state index contributed by atoms with van der Waals surface area (Å²) in [6, 6.07) is 3.72. The van der Waals surface area contributed by atoms with E-state index in [9.17, 15) is 4.79 Å². The van der Waals surface area contributed by atoms with Crippen LogP contribution in [0.15, 0.2) is 24.7 Å². The zero-order valence-electron chi connectivity index (χ0n) is 20.2. The number of rotatable bonds is 2. The molecule has 0 atom stereocenters. The van der Waals surface area contributed by atoms with E-state index in [-0.39, 0.29) is 5.91 Å². The van der Waals surface area contributed by atoms with Crippen molar-refractivity contribution in [2.24, 2.45) is 0 Å². The molecular weight excluding hydrogens is 436 g/mol. The molecule has 3 aromatic rings. The second-order valence-electron chi connectivity index (χ2n) is 8.45. The monoisotopic (exact) mass is 468 g/mol. The van der Waals surface area contributed by atoms with Crippen LogP contribution in [-0.4, -0.2) is 78.7 Å². The first-order chi connectivity index (χ1) is 16.5. The number of amides is 1. The standard InChI is InChI=1S/C24H32N6O4/c1-29-8-9-30(2)20(31)7-5-6-10-34-19-12-17(11-18(32-3)22(19)33-4)28-24-21-16(14-29)13-25-23(21)26-15-27-24/h11-13,15H,5-10,14H2,1-4H3,(H2,25,26,27,28). The van der Waals surface area contributed by atoms with Crippen molar-refractivity contribution in [2.45, 2.75) is 25.8 Å². The summed E-state index contributed by atoms with van der Waals surface area (Å²) in [5.74, 6) is 2.46. The van der Waals surface area contributed by atoms with Gasteiger partial charge in [-0.2, -0.15) is 0 Å². The molecule has 2 N–H and O–H groups in total. The van der Waals surface area contributed by atoms with E-state index >= 15 is 0 Å². The molecule has 0 radical (unpaired) electrons. The predicted molar refractivity (Wildman–Crippen MR) is 130 cm³/mol. The third kappa shape index (κ3) is 5.17. The Morgan fingerprint density at radius 3 is 2.74 bits per heavy atom. The Morgan fingerprint density at radius 2 is 1.94 bits per heavy atom. The molecule has 2 bridgehead atoms. The number of nitrogens with one attached hydrogen (secondary N) is 2. The third-order valence-corrected chi connectivity index (χ3v) is 5.98. The Balaban J connectivity index is 1.73. The lowest BCUT2D eigenvalue weighted by Crippen LogP contribution is -2.34. The van der Waals surface area contributed by atoms with E-state index in [1.54, 1.807) is 19.1 Å². The van der Waals surface area contributed by atoms with E-state index in [4.69, 9.17) is 14.2 Å². The van der Waals surface area contributed by atoms with Gasteiger partial charge in [-0.15, -0.1) is 0 Å². The van der Waals surface area contributed by atoms with Gasteiger partial charge >= 0.3 is 0 Å². The summed E-state index contributed by atoms with van der Waals surface area (Å²) < 4.78 is 17.2. The highest BCUT2D eigenvalue weighted by Gasteiger charge is 2.18. The quantitative estimate of drug-likeness (QED) is 0.591. The molecule has 0 spiro atoms. The highest BCUT2D eigenvalue weighted by molar-refractivity contribution is 5.92. The summed E-state index contributed by atoms with van der Waals surface area (Å²) in [5, 5.41) is 4.33. The van der Waals surface area contributed by atoms with E-state index in [2.05, 4.69) is 25.2 Å². The first-order valence-corrected chi connectivity index (χ1v) is 11.4. The van der Waals surface area contributed by atoms with Crippen LogP contribution in [0, 0.1) is 0 Å². The molecule has 10 nitrogen and oxygen atoms in total. The number of benzene rings is 1. The lowest BCUT2D eigenvalue weighted by Gasteiger charge is -2.22. The maximum Gasteiger partial charge on any atom is 0.222 e. The molecular formula is C24H32N6O4. The highest BCUT2D eigenvalue weighted by atomic mass is 16.5. The van der Waals surface area contributed by atoms with E-state index in [0.29, 0.717) is 49.2 Å². The average molecular weight is 469 g/mol. The van der Waals surface area contributed by atoms with Crippen molar-refractivity contribution in [2.75, 3.05) is 53.3 Å². The topological polar surface area (TPSA) is 105 Å². The largest absolute Gasteiger partial charge is 0.493 e. The molecule has 0 saturated carbocycles. The van der Waals surface area contributed by atoms with Gasteiger partial charge in [-0.3, -0.25) is 4.79 Å². The van der Waals surface area contributed by atoms with Crippen molar-refractivity contribution in [3.63, 3.8) is 0 Å². The molecule has 2 aromatic heterocycles. The van der Waals surface area contributed by atoms with Gasteiger partial charge in [0.2, 0.25) is 11.7 Å². The van der Waals surface area contributed by atoms with E-state index in [1.807, 2.05) is 32.4 Å². The van der Waals surface area contributed by atoms with Gasteiger partial charge < -0.3 is 34.3 Å². The molecule has 1 aromatic carbocycles. The number of aromatic nitrogens is 3. The average Bonchev–Trinajstić information content (AvgIpc) is 3.24. The molecule has 0 saturated heterocycles. The van der Waals surface area contributed by atoms with Crippen LogP contribution in [0.1, 0.15) is 24.8 Å². The maximum atomic E-state index is 12.5. The minimum Gasteiger partial charge on any atom is -0.493 e. The number of methoxy groups -OCH3 is 2. The maximum absolute atomic E-state index is 12.5. The minimum absolute atomic E-state index is 0.141. The van der Waals surface area contributed by atoms with Crippen molar-refractivity contribution >= 4 is 28.4 Å². The highest BCUT2D eigenvalue weighted by Crippen LogP contribution is 2.41. The number of hydrogen-bond acceptors (Lipinski definition) is 8. The minimum atomic E-state index is 0.141. The second kappa shape index (κ2) is 10.6. The Morgan fingerprint density at radius 1 is 1.09 bits per heavy atom. The van der Waals surface area contributed by atoms with Crippen LogP contribution < -0.4 is 19.5 Å². The molecule has 3 heterocycles. The molecule has 10 heteroatoms. The Labute approximate surface area is 199 Å². The fraction of sp³-hybridized carbons (Fsp3) is 0.458. The number of nitrogens with zero attached hydrogens (tertiary/aromatic N) is 4. The fourth-order valence-corrected chi connectivity index (χ4v) is 4.06. The summed E-state index contributed by atoms with van der Waals surface area (Å²) >= 11 is 0. The number of ether oxygens (including phenoxy) is 3. The van der Waals surface area contributed by atoms with E-state index in [1.165, 1.54) is 6.33 Å². The first-order valence-electron chi connectivity index (χ1n) is 11.4. The van der Waals surface area contributed by atoms with Crippen LogP contribution >= 0.6 is 0 Å². The summed E-state index contributed by atoms with van der Waals surface area (Å²) in [5.41, 5.74) is 2.57. The molecule has 0 aliphatic carbocycles. The molecule has 0 unspecified atom stereocenters. The number of hydrogen-bond donors (Lipinski definition) is 2. The number of anilines is 2. The van der Waals surface area contributed by atoms with Gasteiger partial charge in [0.25, 0.3) is 0 Å². The molecule has 34 heavy (non-hydrogen) atoms. The van der Waals surface area contributed by atoms with Crippen LogP contribution in [0.4, 0.5) is 11.5 Å². The van der Waals surface area contributed by atoms with Gasteiger partial charge in [0.1, 0.15) is 17.8 Å². The number of H-pyrrole nitrogens is 1. The van der Waals surface area contributed by atoms with Crippen LogP contribution in [-0.2, 0) is 11.3 Å². The normalized spacial score (nSPS) is 16.4. The SMILES string of the molecule is COc1cc2cc(c1OC)OCCCCC(=O)N(C)CCN(C)Cc1c[nH]c3ncnc(c13)N2. The number of fused-ring (bicyclic) bond motifs is 2. The van der Waals surface area contributed by atoms with Crippen molar-refractivity contribution < 1.29 is 19.0 Å². The predicted octanol–water partition coefficient (Wildman–Crippen LogP) is 3.17. The Hall–Kier alpha value is -3.53. The van der Waals surface area contributed by atoms with Crippen LogP contribution in [0.25, 0.3) is 11.0 Å². The van der Waals surface area contributed by atoms with Crippen LogP contribution in [0.5, 0.6) is 17.2 Å². The van der Waals surface area contributed by atoms with Crippen LogP contribution in [0.3, 0.4) is 0 Å². The zero-order chi connectivity index (χ0) is 24.1. The van der Waals surface area contributed by atoms with Gasteiger partial charge in [-0.05, 0) is 25.5 Å². The van der Waals surface area contributed by atoms with Crippen LogP contribution in [0.2, 0.25) is 0 Å². The summed E-state index contributed by atoms with van der Waals surface area (Å²) in [6.07, 6.45) is 5.48. The zero-order valence-corrected chi connectivity index (χ0v) is 20.2. The summed E-state index contributed by atoms with van der Waals surface area (Å²) in [7, 11) is 7.08. The number of aromatic amines is 1. The summed E-state index contributed by atoms with van der Waals surface area (Å²) in [4.78, 5) is 28.6. The van der Waals surface area contributed by atoms with Gasteiger partial charge in [-0.1, -0.05) is 0 Å². The Bertz CT molecular complexity index is 1150. The van der Waals surface area contributed by atoms with Gasteiger partial charge in [-0.25, -0.2) is 9.97 Å². The Kier molecular flexibility index (Phi) is 7.36. The smallest absolute Gasteiger partial charge is 0.222 e. The second-order valence-corrected chi connectivity index (χ2v) is 8.45. The number of carbonyl (C=O) groups is 1. The van der Waals surface area contributed by atoms with Gasteiger partial charge in [0.15, 0.2) is 11.5 Å². The molecule has 4 rings (SSSR count). The lowest BCUT2D eigenvalue weighted by molar-refractivity contribution is -0.130. The summed E-state index contributed by atoms with van der Waals surface area (Å²) in [6.45, 7) is 2.57. The van der Waals surface area contributed by atoms with Gasteiger partial charge in [0.05, 0.1) is 26.2 Å². The van der Waals surface area contributed by atoms with Gasteiger partial charge in [0, 0.05) is 57.1 Å². The molecule has 1 aliphatic rings. The van der Waals surface area contributed by atoms with Crippen molar-refractivity contribution in [1.29, 1.82) is 0 Å². The van der Waals surface area contributed by atoms with E-state index in [0.717, 1.165) is 41.7 Å². The van der Waals surface area contributed by atoms with Crippen molar-refractivity contribution in [3.05, 3.63) is 30.2 Å². The molecule has 1 aliphatic heterocycles. The lowest BCUT2D eigenvalue weighted by atomic mass is 10.2. The molecule has 1 amide bonds. The molecule has 182 valence electrons.